The molecule has 1 N–H and O–H groups in total. The molecule has 4 rings (SSSR count). The van der Waals surface area contributed by atoms with E-state index in [1.165, 1.54) is 0 Å². The Bertz CT molecular complexity index is 639. The molecule has 0 saturated carbocycles. The Morgan fingerprint density at radius 3 is 2.88 bits per heavy atom. The Kier molecular flexibility index (Phi) is 5.16. The maximum Gasteiger partial charge on any atom is 0.241 e. The van der Waals surface area contributed by atoms with Crippen molar-refractivity contribution in [1.29, 1.82) is 0 Å². The molecule has 3 fully saturated rings. The van der Waals surface area contributed by atoms with Crippen LogP contribution in [-0.2, 0) is 9.53 Å². The molecule has 3 saturated heterocycles. The first-order valence-electron chi connectivity index (χ1n) is 9.72. The molecule has 0 aromatic heterocycles. The maximum absolute atomic E-state index is 12.8. The molecule has 1 amide bonds. The van der Waals surface area contributed by atoms with Gasteiger partial charge in [-0.05, 0) is 50.9 Å². The van der Waals surface area contributed by atoms with Crippen LogP contribution >= 0.6 is 0 Å². The normalized spacial score (nSPS) is 26.9. The van der Waals surface area contributed by atoms with E-state index in [0.717, 1.165) is 69.9 Å². The van der Waals surface area contributed by atoms with E-state index in [1.54, 1.807) is 7.11 Å². The van der Waals surface area contributed by atoms with Crippen molar-refractivity contribution in [1.82, 2.24) is 10.2 Å². The third kappa shape index (κ3) is 3.59. The zero-order valence-corrected chi connectivity index (χ0v) is 15.6. The molecule has 3 heterocycles. The quantitative estimate of drug-likeness (QED) is 0.889. The fourth-order valence-corrected chi connectivity index (χ4v) is 4.60. The molecule has 1 unspecified atom stereocenters. The van der Waals surface area contributed by atoms with Crippen molar-refractivity contribution in [2.45, 2.75) is 37.3 Å². The van der Waals surface area contributed by atoms with Gasteiger partial charge in [0, 0.05) is 37.5 Å². The number of methoxy groups -OCH3 is 1. The first-order valence-corrected chi connectivity index (χ1v) is 9.72. The van der Waals surface area contributed by atoms with Gasteiger partial charge in [0.15, 0.2) is 0 Å². The molecule has 1 spiro atoms. The number of benzene rings is 1. The Morgan fingerprint density at radius 1 is 1.27 bits per heavy atom. The van der Waals surface area contributed by atoms with Gasteiger partial charge in [0.05, 0.1) is 19.3 Å². The maximum atomic E-state index is 12.8. The zero-order valence-electron chi connectivity index (χ0n) is 15.6. The van der Waals surface area contributed by atoms with E-state index in [-0.39, 0.29) is 11.5 Å². The zero-order chi connectivity index (χ0) is 18.0. The molecule has 0 aliphatic carbocycles. The van der Waals surface area contributed by atoms with Crippen LogP contribution in [0.2, 0.25) is 0 Å². The van der Waals surface area contributed by atoms with Gasteiger partial charge in [0.25, 0.3) is 0 Å². The molecule has 1 aromatic rings. The summed E-state index contributed by atoms with van der Waals surface area (Å²) >= 11 is 0. The van der Waals surface area contributed by atoms with Crippen molar-refractivity contribution in [3.8, 4) is 5.75 Å². The number of rotatable bonds is 3. The highest BCUT2D eigenvalue weighted by Gasteiger charge is 2.41. The number of hydrogen-bond acceptors (Lipinski definition) is 5. The van der Waals surface area contributed by atoms with Gasteiger partial charge in [-0.25, -0.2) is 0 Å². The van der Waals surface area contributed by atoms with Crippen LogP contribution in [0.25, 0.3) is 0 Å². The van der Waals surface area contributed by atoms with Crippen molar-refractivity contribution < 1.29 is 14.3 Å². The Morgan fingerprint density at radius 2 is 2.12 bits per heavy atom. The summed E-state index contributed by atoms with van der Waals surface area (Å²) in [5.74, 6) is 0.963. The Hall–Kier alpha value is -1.63. The summed E-state index contributed by atoms with van der Waals surface area (Å²) in [5.41, 5.74) is 0.956. The average Bonchev–Trinajstić information content (AvgIpc) is 2.68. The van der Waals surface area contributed by atoms with Gasteiger partial charge in [0.2, 0.25) is 5.91 Å². The van der Waals surface area contributed by atoms with Crippen molar-refractivity contribution in [3.63, 3.8) is 0 Å². The summed E-state index contributed by atoms with van der Waals surface area (Å²) < 4.78 is 11.5. The SMILES string of the molecule is COc1cccc(N2CCN(C3CCOC4(CCNCC4)C3)CC2=O)c1. The highest BCUT2D eigenvalue weighted by atomic mass is 16.5. The molecule has 3 aliphatic rings. The number of nitrogens with zero attached hydrogens (tertiary/aromatic N) is 2. The monoisotopic (exact) mass is 359 g/mol. The van der Waals surface area contributed by atoms with Crippen LogP contribution in [0, 0.1) is 0 Å². The van der Waals surface area contributed by atoms with Crippen molar-refractivity contribution in [2.75, 3.05) is 51.3 Å². The van der Waals surface area contributed by atoms with Crippen LogP contribution in [0.15, 0.2) is 24.3 Å². The van der Waals surface area contributed by atoms with E-state index in [9.17, 15) is 4.79 Å². The number of amides is 1. The number of piperidine rings is 1. The lowest BCUT2D eigenvalue weighted by Crippen LogP contribution is -2.58. The van der Waals surface area contributed by atoms with Gasteiger partial charge in [-0.2, -0.15) is 0 Å². The minimum atomic E-state index is 0.0289. The lowest BCUT2D eigenvalue weighted by atomic mass is 9.82. The number of piperazine rings is 1. The molecular formula is C20H29N3O3. The number of carbonyl (C=O) groups is 1. The lowest BCUT2D eigenvalue weighted by Gasteiger charge is -2.48. The third-order valence-corrected chi connectivity index (χ3v) is 6.11. The van der Waals surface area contributed by atoms with E-state index in [2.05, 4.69) is 10.2 Å². The first kappa shape index (κ1) is 17.8. The predicted molar refractivity (Wildman–Crippen MR) is 101 cm³/mol. The summed E-state index contributed by atoms with van der Waals surface area (Å²) in [6, 6.07) is 8.22. The number of hydrogen-bond donors (Lipinski definition) is 1. The molecule has 0 radical (unpaired) electrons. The number of ether oxygens (including phenoxy) is 2. The second kappa shape index (κ2) is 7.55. The highest BCUT2D eigenvalue weighted by Crippen LogP contribution is 2.35. The van der Waals surface area contributed by atoms with Crippen LogP contribution in [0.3, 0.4) is 0 Å². The Labute approximate surface area is 155 Å². The molecule has 1 aromatic carbocycles. The number of carbonyl (C=O) groups excluding carboxylic acids is 1. The van der Waals surface area contributed by atoms with Gasteiger partial charge in [-0.1, -0.05) is 6.07 Å². The standard InChI is InChI=1S/C20H29N3O3/c1-25-18-4-2-3-16(13-18)23-11-10-22(15-19(23)24)17-5-12-26-20(14-17)6-8-21-9-7-20/h2-4,13,17,21H,5-12,14-15H2,1H3. The molecule has 1 atom stereocenters. The van der Waals surface area contributed by atoms with Crippen LogP contribution in [0.1, 0.15) is 25.7 Å². The molecule has 6 nitrogen and oxygen atoms in total. The van der Waals surface area contributed by atoms with E-state index in [4.69, 9.17) is 9.47 Å². The third-order valence-electron chi connectivity index (χ3n) is 6.11. The smallest absolute Gasteiger partial charge is 0.241 e. The molecule has 26 heavy (non-hydrogen) atoms. The summed E-state index contributed by atoms with van der Waals surface area (Å²) in [7, 11) is 1.65. The van der Waals surface area contributed by atoms with Crippen LogP contribution in [0.5, 0.6) is 5.75 Å². The highest BCUT2D eigenvalue weighted by molar-refractivity contribution is 5.95. The molecule has 0 bridgehead atoms. The van der Waals surface area contributed by atoms with E-state index < -0.39 is 0 Å². The fraction of sp³-hybridized carbons (Fsp3) is 0.650. The van der Waals surface area contributed by atoms with Gasteiger partial charge < -0.3 is 19.7 Å². The van der Waals surface area contributed by atoms with Gasteiger partial charge in [-0.15, -0.1) is 0 Å². The van der Waals surface area contributed by atoms with E-state index in [0.29, 0.717) is 12.6 Å². The Balaban J connectivity index is 1.41. The molecule has 3 aliphatic heterocycles. The van der Waals surface area contributed by atoms with Crippen LogP contribution in [-0.4, -0.2) is 68.9 Å². The van der Waals surface area contributed by atoms with E-state index in [1.807, 2.05) is 29.2 Å². The first-order chi connectivity index (χ1) is 12.7. The number of anilines is 1. The van der Waals surface area contributed by atoms with Gasteiger partial charge >= 0.3 is 0 Å². The minimum absolute atomic E-state index is 0.0289. The van der Waals surface area contributed by atoms with Gasteiger partial charge in [0.1, 0.15) is 5.75 Å². The molecule has 142 valence electrons. The second-order valence-corrected chi connectivity index (χ2v) is 7.65. The van der Waals surface area contributed by atoms with Gasteiger partial charge in [-0.3, -0.25) is 9.69 Å². The summed E-state index contributed by atoms with van der Waals surface area (Å²) in [6.45, 7) is 5.04. The van der Waals surface area contributed by atoms with Crippen molar-refractivity contribution in [2.24, 2.45) is 0 Å². The van der Waals surface area contributed by atoms with Crippen LogP contribution in [0.4, 0.5) is 5.69 Å². The second-order valence-electron chi connectivity index (χ2n) is 7.65. The number of nitrogens with one attached hydrogen (secondary N) is 1. The minimum Gasteiger partial charge on any atom is -0.497 e. The predicted octanol–water partition coefficient (Wildman–Crippen LogP) is 1.65. The largest absolute Gasteiger partial charge is 0.497 e. The lowest BCUT2D eigenvalue weighted by molar-refractivity contribution is -0.133. The van der Waals surface area contributed by atoms with E-state index >= 15 is 0 Å². The molecular weight excluding hydrogens is 330 g/mol. The summed E-state index contributed by atoms with van der Waals surface area (Å²) in [5, 5.41) is 3.43. The van der Waals surface area contributed by atoms with Crippen molar-refractivity contribution >= 4 is 11.6 Å². The topological polar surface area (TPSA) is 54.0 Å². The fourth-order valence-electron chi connectivity index (χ4n) is 4.60. The molecule has 6 heteroatoms. The van der Waals surface area contributed by atoms with Crippen LogP contribution < -0.4 is 15.0 Å². The average molecular weight is 359 g/mol. The van der Waals surface area contributed by atoms with Crippen molar-refractivity contribution in [3.05, 3.63) is 24.3 Å². The summed E-state index contributed by atoms with van der Waals surface area (Å²) in [6.07, 6.45) is 4.26. The summed E-state index contributed by atoms with van der Waals surface area (Å²) in [4.78, 5) is 17.1.